The minimum absolute atomic E-state index is 0.216. The maximum absolute atomic E-state index is 15.7. The molecule has 2 amide bonds. The number of aromatic nitrogens is 3. The molecule has 5 aromatic rings. The molecule has 4 aliphatic heterocycles. The van der Waals surface area contributed by atoms with Crippen LogP contribution in [-0.4, -0.2) is 98.7 Å². The fraction of sp³-hybridized carbons (Fsp3) is 0.395. The summed E-state index contributed by atoms with van der Waals surface area (Å²) in [6, 6.07) is 17.7. The van der Waals surface area contributed by atoms with E-state index in [2.05, 4.69) is 40.6 Å². The van der Waals surface area contributed by atoms with Gasteiger partial charge in [-0.2, -0.15) is 9.97 Å². The predicted octanol–water partition coefficient (Wildman–Crippen LogP) is 5.99. The molecular formula is C43H48F2N10O4S. The summed E-state index contributed by atoms with van der Waals surface area (Å²) in [5.74, 6) is -0.827. The van der Waals surface area contributed by atoms with E-state index in [-0.39, 0.29) is 24.1 Å². The number of carbonyl (C=O) groups is 2. The van der Waals surface area contributed by atoms with Gasteiger partial charge in [-0.3, -0.25) is 24.1 Å². The number of fused-ring (bicyclic) bond motifs is 2. The molecule has 314 valence electrons. The fourth-order valence-electron chi connectivity index (χ4n) is 9.09. The second-order valence-electron chi connectivity index (χ2n) is 16.2. The third-order valence-electron chi connectivity index (χ3n) is 12.4. The lowest BCUT2D eigenvalue weighted by Crippen LogP contribution is -2.47. The quantitative estimate of drug-likeness (QED) is 0.116. The average molecular weight is 839 g/mol. The minimum Gasteiger partial charge on any atom is -0.371 e. The number of sulfonamides is 1. The number of hydrogen-bond acceptors (Lipinski definition) is 11. The number of amides is 2. The third kappa shape index (κ3) is 8.19. The second-order valence-corrected chi connectivity index (χ2v) is 18.1. The number of nitrogens with zero attached hydrogens (tertiary/aromatic N) is 6. The van der Waals surface area contributed by atoms with Crippen LogP contribution in [0.4, 0.5) is 49.0 Å². The van der Waals surface area contributed by atoms with E-state index in [1.54, 1.807) is 18.3 Å². The Kier molecular flexibility index (Phi) is 10.8. The number of halogens is 2. The van der Waals surface area contributed by atoms with Crippen molar-refractivity contribution in [3.05, 3.63) is 89.6 Å². The molecule has 0 saturated carbocycles. The van der Waals surface area contributed by atoms with Crippen molar-refractivity contribution in [2.75, 3.05) is 83.4 Å². The number of nitrogens with one attached hydrogen (secondary N) is 4. The number of H-pyrrole nitrogens is 1. The van der Waals surface area contributed by atoms with Crippen LogP contribution in [0, 0.1) is 17.6 Å². The van der Waals surface area contributed by atoms with Crippen molar-refractivity contribution < 1.29 is 26.8 Å². The molecule has 0 bridgehead atoms. The van der Waals surface area contributed by atoms with Crippen molar-refractivity contribution in [3.8, 4) is 0 Å². The van der Waals surface area contributed by atoms with Crippen molar-refractivity contribution in [2.45, 2.75) is 44.4 Å². The number of piperazine rings is 1. The van der Waals surface area contributed by atoms with Crippen molar-refractivity contribution in [2.24, 2.45) is 5.92 Å². The molecule has 1 atom stereocenters. The maximum Gasteiger partial charge on any atom is 0.234 e. The van der Waals surface area contributed by atoms with E-state index in [4.69, 9.17) is 4.98 Å². The molecule has 3 fully saturated rings. The van der Waals surface area contributed by atoms with E-state index < -0.39 is 27.7 Å². The highest BCUT2D eigenvalue weighted by Gasteiger charge is 2.32. The van der Waals surface area contributed by atoms with Crippen molar-refractivity contribution >= 4 is 73.1 Å². The lowest BCUT2D eigenvalue weighted by Gasteiger charge is -2.38. The summed E-state index contributed by atoms with van der Waals surface area (Å²) >= 11 is 0. The topological polar surface area (TPSA) is 159 Å². The van der Waals surface area contributed by atoms with Crippen molar-refractivity contribution in [3.63, 3.8) is 0 Å². The Morgan fingerprint density at radius 2 is 1.65 bits per heavy atom. The van der Waals surface area contributed by atoms with Gasteiger partial charge < -0.3 is 25.4 Å². The molecule has 3 aromatic carbocycles. The third-order valence-corrected chi connectivity index (χ3v) is 13.5. The van der Waals surface area contributed by atoms with Crippen LogP contribution in [0.2, 0.25) is 0 Å². The zero-order chi connectivity index (χ0) is 41.5. The molecule has 4 aliphatic rings. The lowest BCUT2D eigenvalue weighted by molar-refractivity contribution is -0.134. The van der Waals surface area contributed by atoms with Gasteiger partial charge in [0.25, 0.3) is 0 Å². The molecule has 6 heterocycles. The number of piperidine rings is 2. The van der Waals surface area contributed by atoms with E-state index in [1.165, 1.54) is 22.7 Å². The summed E-state index contributed by atoms with van der Waals surface area (Å²) in [7, 11) is -3.47. The van der Waals surface area contributed by atoms with Gasteiger partial charge in [0.15, 0.2) is 0 Å². The number of anilines is 7. The van der Waals surface area contributed by atoms with Gasteiger partial charge >= 0.3 is 0 Å². The van der Waals surface area contributed by atoms with E-state index in [9.17, 15) is 18.0 Å². The van der Waals surface area contributed by atoms with E-state index in [1.807, 2.05) is 36.4 Å². The summed E-state index contributed by atoms with van der Waals surface area (Å²) in [6.45, 7) is 6.13. The first-order valence-corrected chi connectivity index (χ1v) is 22.5. The van der Waals surface area contributed by atoms with Crippen LogP contribution in [-0.2, 0) is 26.0 Å². The van der Waals surface area contributed by atoms with Crippen LogP contribution < -0.4 is 30.1 Å². The Hall–Kier alpha value is -5.81. The zero-order valence-electron chi connectivity index (χ0n) is 33.4. The van der Waals surface area contributed by atoms with Gasteiger partial charge in [0.2, 0.25) is 27.8 Å². The summed E-state index contributed by atoms with van der Waals surface area (Å²) in [6.07, 6.45) is 7.23. The van der Waals surface area contributed by atoms with Gasteiger partial charge in [-0.1, -0.05) is 18.2 Å². The Morgan fingerprint density at radius 1 is 0.833 bits per heavy atom. The fourth-order valence-corrected chi connectivity index (χ4v) is 10.1. The van der Waals surface area contributed by atoms with Crippen LogP contribution >= 0.6 is 0 Å². The van der Waals surface area contributed by atoms with Crippen LogP contribution in [0.25, 0.3) is 11.0 Å². The summed E-state index contributed by atoms with van der Waals surface area (Å²) in [4.78, 5) is 43.0. The Morgan fingerprint density at radius 3 is 2.40 bits per heavy atom. The lowest BCUT2D eigenvalue weighted by atomic mass is 9.89. The van der Waals surface area contributed by atoms with Gasteiger partial charge in [-0.15, -0.1) is 0 Å². The van der Waals surface area contributed by atoms with Gasteiger partial charge in [0.1, 0.15) is 23.1 Å². The summed E-state index contributed by atoms with van der Waals surface area (Å²) in [5.41, 5.74) is 4.93. The average Bonchev–Trinajstić information content (AvgIpc) is 3.90. The zero-order valence-corrected chi connectivity index (χ0v) is 34.2. The Labute approximate surface area is 347 Å². The number of para-hydroxylation sites is 1. The number of rotatable bonds is 11. The van der Waals surface area contributed by atoms with E-state index in [0.717, 1.165) is 68.6 Å². The highest BCUT2D eigenvalue weighted by Crippen LogP contribution is 2.40. The molecule has 3 saturated heterocycles. The molecule has 1 unspecified atom stereocenters. The summed E-state index contributed by atoms with van der Waals surface area (Å²) in [5, 5.41) is 9.54. The highest BCUT2D eigenvalue weighted by molar-refractivity contribution is 7.92. The van der Waals surface area contributed by atoms with E-state index >= 15 is 8.78 Å². The molecule has 4 N–H and O–H groups in total. The predicted molar refractivity (Wildman–Crippen MR) is 229 cm³/mol. The number of imide groups is 1. The van der Waals surface area contributed by atoms with Crippen molar-refractivity contribution in [1.82, 2.24) is 25.2 Å². The Balaban J connectivity index is 0.767. The molecule has 14 nitrogen and oxygen atoms in total. The van der Waals surface area contributed by atoms with Crippen LogP contribution in [0.1, 0.15) is 49.1 Å². The van der Waals surface area contributed by atoms with E-state index in [0.29, 0.717) is 78.2 Å². The molecule has 9 rings (SSSR count). The second kappa shape index (κ2) is 16.3. The first-order valence-electron chi connectivity index (χ1n) is 20.6. The van der Waals surface area contributed by atoms with Crippen LogP contribution in [0.3, 0.4) is 0 Å². The first kappa shape index (κ1) is 39.6. The molecular weight excluding hydrogens is 791 g/mol. The molecule has 0 aliphatic carbocycles. The smallest absolute Gasteiger partial charge is 0.234 e. The largest absolute Gasteiger partial charge is 0.371 e. The van der Waals surface area contributed by atoms with Gasteiger partial charge in [-0.25, -0.2) is 17.2 Å². The SMILES string of the molecule is CS(=O)(=O)N1CCc2cccc(Nc3nc(Nc4ccc(N5CCN(CCC6CCN(c7ccc(C8CCC(=O)NC8=O)c(F)c7)CC6)CC5)c(F)c4)nc4[nH]ccc34)c21. The number of carbonyl (C=O) groups excluding carboxylic acids is 2. The molecule has 2 aromatic heterocycles. The van der Waals surface area contributed by atoms with Gasteiger partial charge in [0.05, 0.1) is 34.6 Å². The maximum atomic E-state index is 15.7. The molecule has 0 radical (unpaired) electrons. The molecule has 0 spiro atoms. The van der Waals surface area contributed by atoms with Gasteiger partial charge in [0, 0.05) is 75.4 Å². The number of aromatic amines is 1. The van der Waals surface area contributed by atoms with Crippen LogP contribution in [0.5, 0.6) is 0 Å². The molecule has 60 heavy (non-hydrogen) atoms. The number of hydrogen-bond donors (Lipinski definition) is 4. The standard InChI is InChI=1S/C43H48F2N10O4S/c1-60(58,59)55-20-15-28-3-2-4-36(39(28)55)48-41-33-11-16-46-40(33)50-43(51-41)47-29-5-9-37(35(45)25-29)54-23-21-52(22-24-54)17-12-27-13-18-53(19-14-27)30-6-7-31(34(44)26-30)32-8-10-38(56)49-42(32)57/h2-7,9,11,16,25-27,32H,8,10,12-15,17-24H2,1H3,(H,49,56,57)(H3,46,47,48,50,51). The van der Waals surface area contributed by atoms with Gasteiger partial charge in [-0.05, 0) is 92.6 Å². The number of benzene rings is 3. The van der Waals surface area contributed by atoms with Crippen LogP contribution in [0.15, 0.2) is 66.9 Å². The highest BCUT2D eigenvalue weighted by atomic mass is 32.2. The normalized spacial score (nSPS) is 19.2. The monoisotopic (exact) mass is 838 g/mol. The molecule has 17 heteroatoms. The summed E-state index contributed by atoms with van der Waals surface area (Å²) < 4.78 is 57.4. The first-order chi connectivity index (χ1) is 29.0. The minimum atomic E-state index is -3.47. The van der Waals surface area contributed by atoms with Crippen molar-refractivity contribution in [1.29, 1.82) is 0 Å². The Bertz CT molecular complexity index is 2550.